The second-order valence-electron chi connectivity index (χ2n) is 3.81. The van der Waals surface area contributed by atoms with Gasteiger partial charge in [0, 0.05) is 22.0 Å². The number of aromatic amines is 1. The van der Waals surface area contributed by atoms with Gasteiger partial charge in [0.1, 0.15) is 5.58 Å². The molecule has 3 rings (SSSR count). The highest BCUT2D eigenvalue weighted by Crippen LogP contribution is 2.28. The number of aromatic nitrogens is 1. The van der Waals surface area contributed by atoms with Gasteiger partial charge in [-0.1, -0.05) is 0 Å². The lowest BCUT2D eigenvalue weighted by Gasteiger charge is -1.90. The lowest BCUT2D eigenvalue weighted by Crippen LogP contribution is -1.91. The third-order valence-electron chi connectivity index (χ3n) is 2.63. The molecule has 4 heteroatoms. The van der Waals surface area contributed by atoms with Crippen molar-refractivity contribution in [2.24, 2.45) is 0 Å². The number of hydrogen-bond acceptors (Lipinski definition) is 2. The zero-order valence-corrected chi connectivity index (χ0v) is 8.57. The smallest absolute Gasteiger partial charge is 0.371 e. The summed E-state index contributed by atoms with van der Waals surface area (Å²) >= 11 is 0. The Morgan fingerprint density at radius 3 is 2.94 bits per heavy atom. The molecule has 0 aliphatic heterocycles. The first-order valence-electron chi connectivity index (χ1n) is 4.90. The normalized spacial score (nSPS) is 11.3. The van der Waals surface area contributed by atoms with Crippen molar-refractivity contribution in [3.63, 3.8) is 0 Å². The molecule has 0 atom stereocenters. The van der Waals surface area contributed by atoms with Crippen molar-refractivity contribution in [2.75, 3.05) is 0 Å². The van der Waals surface area contributed by atoms with E-state index in [0.29, 0.717) is 5.58 Å². The summed E-state index contributed by atoms with van der Waals surface area (Å²) in [7, 11) is 0. The van der Waals surface area contributed by atoms with Crippen molar-refractivity contribution in [1.29, 1.82) is 0 Å². The first kappa shape index (κ1) is 9.03. The van der Waals surface area contributed by atoms with E-state index >= 15 is 0 Å². The van der Waals surface area contributed by atoms with Crippen LogP contribution >= 0.6 is 0 Å². The molecule has 0 spiro atoms. The Labute approximate surface area is 90.5 Å². The minimum absolute atomic E-state index is 0.0265. The number of furan rings is 1. The molecular weight excluding hydrogens is 206 g/mol. The third-order valence-corrected chi connectivity index (χ3v) is 2.63. The number of carbonyl (C=O) groups is 1. The minimum atomic E-state index is -1.04. The van der Waals surface area contributed by atoms with E-state index in [4.69, 9.17) is 9.52 Å². The number of rotatable bonds is 1. The van der Waals surface area contributed by atoms with Gasteiger partial charge >= 0.3 is 5.97 Å². The summed E-state index contributed by atoms with van der Waals surface area (Å²) in [6, 6.07) is 7.27. The average molecular weight is 215 g/mol. The standard InChI is InChI=1S/C12H9NO3/c1-6-4-8-9(13-6)3-2-7-5-10(12(14)15)16-11(7)8/h2-5,13H,1H3,(H,14,15). The molecule has 0 aliphatic rings. The van der Waals surface area contributed by atoms with Crippen LogP contribution in [0.1, 0.15) is 16.2 Å². The molecule has 1 aromatic carbocycles. The van der Waals surface area contributed by atoms with Gasteiger partial charge in [-0.15, -0.1) is 0 Å². The van der Waals surface area contributed by atoms with Crippen LogP contribution in [-0.2, 0) is 0 Å². The SMILES string of the molecule is Cc1cc2c(ccc3cc(C(=O)O)oc32)[nH]1. The van der Waals surface area contributed by atoms with E-state index < -0.39 is 5.97 Å². The molecule has 4 nitrogen and oxygen atoms in total. The maximum Gasteiger partial charge on any atom is 0.371 e. The van der Waals surface area contributed by atoms with Crippen LogP contribution in [0.4, 0.5) is 0 Å². The van der Waals surface area contributed by atoms with Crippen LogP contribution in [0.2, 0.25) is 0 Å². The Morgan fingerprint density at radius 1 is 1.38 bits per heavy atom. The second kappa shape index (κ2) is 2.88. The molecule has 2 heterocycles. The molecular formula is C12H9NO3. The van der Waals surface area contributed by atoms with E-state index in [9.17, 15) is 4.79 Å². The minimum Gasteiger partial charge on any atom is -0.475 e. The van der Waals surface area contributed by atoms with E-state index in [1.54, 1.807) is 6.07 Å². The van der Waals surface area contributed by atoms with Crippen LogP contribution in [-0.4, -0.2) is 16.1 Å². The number of hydrogen-bond donors (Lipinski definition) is 2. The fraction of sp³-hybridized carbons (Fsp3) is 0.0833. The largest absolute Gasteiger partial charge is 0.475 e. The predicted octanol–water partition coefficient (Wildman–Crippen LogP) is 2.92. The number of H-pyrrole nitrogens is 1. The number of benzene rings is 1. The summed E-state index contributed by atoms with van der Waals surface area (Å²) in [6.45, 7) is 1.95. The predicted molar refractivity (Wildman–Crippen MR) is 59.8 cm³/mol. The monoisotopic (exact) mass is 215 g/mol. The van der Waals surface area contributed by atoms with Crippen LogP contribution < -0.4 is 0 Å². The van der Waals surface area contributed by atoms with E-state index in [1.165, 1.54) is 0 Å². The number of nitrogens with one attached hydrogen (secondary N) is 1. The zero-order valence-electron chi connectivity index (χ0n) is 8.57. The Kier molecular flexibility index (Phi) is 1.63. The fourth-order valence-electron chi connectivity index (χ4n) is 1.95. The third kappa shape index (κ3) is 1.13. The molecule has 80 valence electrons. The number of carboxylic acid groups (broad SMARTS) is 1. The highest BCUT2D eigenvalue weighted by molar-refractivity contribution is 6.05. The van der Waals surface area contributed by atoms with Crippen molar-refractivity contribution in [1.82, 2.24) is 4.98 Å². The number of carboxylic acids is 1. The first-order chi connectivity index (χ1) is 7.65. The van der Waals surface area contributed by atoms with E-state index in [0.717, 1.165) is 22.0 Å². The first-order valence-corrected chi connectivity index (χ1v) is 4.90. The topological polar surface area (TPSA) is 66.2 Å². The summed E-state index contributed by atoms with van der Waals surface area (Å²) in [5, 5.41) is 10.6. The summed E-state index contributed by atoms with van der Waals surface area (Å²) < 4.78 is 5.34. The summed E-state index contributed by atoms with van der Waals surface area (Å²) in [5.41, 5.74) is 2.60. The Bertz CT molecular complexity index is 706. The van der Waals surface area contributed by atoms with Crippen LogP contribution in [0.25, 0.3) is 21.9 Å². The van der Waals surface area contributed by atoms with E-state index in [2.05, 4.69) is 4.98 Å². The number of fused-ring (bicyclic) bond motifs is 3. The van der Waals surface area contributed by atoms with Gasteiger partial charge in [-0.3, -0.25) is 0 Å². The zero-order chi connectivity index (χ0) is 11.3. The Hall–Kier alpha value is -2.23. The molecule has 2 N–H and O–H groups in total. The second-order valence-corrected chi connectivity index (χ2v) is 3.81. The van der Waals surface area contributed by atoms with Crippen molar-refractivity contribution in [3.05, 3.63) is 35.7 Å². The molecule has 0 unspecified atom stereocenters. The van der Waals surface area contributed by atoms with Crippen LogP contribution in [0.5, 0.6) is 0 Å². The molecule has 0 fully saturated rings. The van der Waals surface area contributed by atoms with Crippen molar-refractivity contribution in [2.45, 2.75) is 6.92 Å². The molecule has 0 aliphatic carbocycles. The van der Waals surface area contributed by atoms with Crippen LogP contribution in [0.3, 0.4) is 0 Å². The van der Waals surface area contributed by atoms with Gasteiger partial charge in [-0.2, -0.15) is 0 Å². The van der Waals surface area contributed by atoms with Gasteiger partial charge in [0.2, 0.25) is 5.76 Å². The molecule has 0 saturated carbocycles. The lowest BCUT2D eigenvalue weighted by atomic mass is 10.2. The van der Waals surface area contributed by atoms with Crippen molar-refractivity contribution < 1.29 is 14.3 Å². The van der Waals surface area contributed by atoms with Gasteiger partial charge in [-0.25, -0.2) is 4.79 Å². The molecule has 2 aromatic heterocycles. The maximum absolute atomic E-state index is 10.8. The van der Waals surface area contributed by atoms with Crippen LogP contribution in [0, 0.1) is 6.92 Å². The molecule has 0 radical (unpaired) electrons. The van der Waals surface area contributed by atoms with E-state index in [-0.39, 0.29) is 5.76 Å². The Morgan fingerprint density at radius 2 is 2.19 bits per heavy atom. The number of aromatic carboxylic acids is 1. The van der Waals surface area contributed by atoms with Crippen molar-refractivity contribution in [3.8, 4) is 0 Å². The highest BCUT2D eigenvalue weighted by atomic mass is 16.4. The average Bonchev–Trinajstić information content (AvgIpc) is 2.77. The quantitative estimate of drug-likeness (QED) is 0.655. The summed E-state index contributed by atoms with van der Waals surface area (Å²) in [5.74, 6) is -1.07. The number of aryl methyl sites for hydroxylation is 1. The molecule has 0 saturated heterocycles. The molecule has 0 amide bonds. The van der Waals surface area contributed by atoms with Gasteiger partial charge < -0.3 is 14.5 Å². The van der Waals surface area contributed by atoms with Gasteiger partial charge in [0.25, 0.3) is 0 Å². The molecule has 0 bridgehead atoms. The van der Waals surface area contributed by atoms with Gasteiger partial charge in [-0.05, 0) is 31.2 Å². The molecule has 16 heavy (non-hydrogen) atoms. The fourth-order valence-corrected chi connectivity index (χ4v) is 1.95. The van der Waals surface area contributed by atoms with Crippen LogP contribution in [0.15, 0.2) is 28.7 Å². The Balaban J connectivity index is 2.44. The van der Waals surface area contributed by atoms with E-state index in [1.807, 2.05) is 25.1 Å². The molecule has 3 aromatic rings. The lowest BCUT2D eigenvalue weighted by molar-refractivity contribution is 0.0665. The summed E-state index contributed by atoms with van der Waals surface area (Å²) in [6.07, 6.45) is 0. The maximum atomic E-state index is 10.8. The highest BCUT2D eigenvalue weighted by Gasteiger charge is 2.13. The summed E-state index contributed by atoms with van der Waals surface area (Å²) in [4.78, 5) is 14.0. The van der Waals surface area contributed by atoms with Gasteiger partial charge in [0.15, 0.2) is 0 Å². The van der Waals surface area contributed by atoms with Gasteiger partial charge in [0.05, 0.1) is 0 Å². The van der Waals surface area contributed by atoms with Crippen molar-refractivity contribution >= 4 is 27.8 Å².